The van der Waals surface area contributed by atoms with E-state index in [9.17, 15) is 4.79 Å². The SMILES string of the molecule is CCOC(=O)/C=C/O/N=C(\C)c1ccccc1. The zero-order valence-corrected chi connectivity index (χ0v) is 9.92. The van der Waals surface area contributed by atoms with Crippen LogP contribution in [0.2, 0.25) is 0 Å². The van der Waals surface area contributed by atoms with Gasteiger partial charge in [-0.05, 0) is 19.4 Å². The zero-order chi connectivity index (χ0) is 12.5. The molecule has 0 N–H and O–H groups in total. The van der Waals surface area contributed by atoms with E-state index < -0.39 is 5.97 Å². The lowest BCUT2D eigenvalue weighted by Crippen LogP contribution is -1.99. The van der Waals surface area contributed by atoms with Gasteiger partial charge in [0, 0.05) is 0 Å². The quantitative estimate of drug-likeness (QED) is 0.258. The molecular formula is C13H15NO3. The maximum Gasteiger partial charge on any atom is 0.333 e. The molecule has 4 heteroatoms. The molecule has 0 fully saturated rings. The number of nitrogens with zero attached hydrogens (tertiary/aromatic N) is 1. The molecule has 90 valence electrons. The minimum absolute atomic E-state index is 0.343. The van der Waals surface area contributed by atoms with Crippen LogP contribution in [-0.2, 0) is 14.4 Å². The van der Waals surface area contributed by atoms with Gasteiger partial charge >= 0.3 is 5.97 Å². The number of rotatable bonds is 5. The van der Waals surface area contributed by atoms with Crippen molar-refractivity contribution in [2.45, 2.75) is 13.8 Å². The Hall–Kier alpha value is -2.10. The number of oxime groups is 1. The maximum absolute atomic E-state index is 10.9. The molecule has 0 spiro atoms. The van der Waals surface area contributed by atoms with Gasteiger partial charge in [-0.25, -0.2) is 4.79 Å². The van der Waals surface area contributed by atoms with Crippen LogP contribution in [0.4, 0.5) is 0 Å². The highest BCUT2D eigenvalue weighted by atomic mass is 16.6. The fourth-order valence-corrected chi connectivity index (χ4v) is 1.12. The van der Waals surface area contributed by atoms with E-state index in [1.807, 2.05) is 37.3 Å². The zero-order valence-electron chi connectivity index (χ0n) is 9.92. The van der Waals surface area contributed by atoms with Gasteiger partial charge < -0.3 is 9.57 Å². The molecule has 0 aliphatic carbocycles. The highest BCUT2D eigenvalue weighted by Gasteiger charge is 1.95. The van der Waals surface area contributed by atoms with Crippen molar-refractivity contribution in [2.24, 2.45) is 5.16 Å². The number of benzene rings is 1. The van der Waals surface area contributed by atoms with Crippen LogP contribution in [0.1, 0.15) is 19.4 Å². The fourth-order valence-electron chi connectivity index (χ4n) is 1.12. The van der Waals surface area contributed by atoms with Crippen LogP contribution < -0.4 is 0 Å². The molecule has 0 heterocycles. The lowest BCUT2D eigenvalue weighted by atomic mass is 10.1. The first kappa shape index (κ1) is 13.0. The topological polar surface area (TPSA) is 47.9 Å². The molecule has 0 saturated carbocycles. The Labute approximate surface area is 101 Å². The van der Waals surface area contributed by atoms with Gasteiger partial charge in [-0.1, -0.05) is 35.5 Å². The molecule has 0 amide bonds. The highest BCUT2D eigenvalue weighted by molar-refractivity contribution is 5.98. The van der Waals surface area contributed by atoms with Crippen LogP contribution in [0.15, 0.2) is 47.8 Å². The third kappa shape index (κ3) is 4.97. The minimum atomic E-state index is -0.444. The van der Waals surface area contributed by atoms with Gasteiger partial charge in [0.2, 0.25) is 0 Å². The number of esters is 1. The molecule has 0 aliphatic heterocycles. The Balaban J connectivity index is 2.47. The minimum Gasteiger partial charge on any atom is -0.463 e. The standard InChI is InChI=1S/C13H15NO3/c1-3-16-13(15)9-10-17-14-11(2)12-7-5-4-6-8-12/h4-10H,3H2,1-2H3/b10-9+,14-11+. The van der Waals surface area contributed by atoms with Crippen molar-refractivity contribution in [3.63, 3.8) is 0 Å². The summed E-state index contributed by atoms with van der Waals surface area (Å²) in [6.45, 7) is 3.91. The highest BCUT2D eigenvalue weighted by Crippen LogP contribution is 2.01. The summed E-state index contributed by atoms with van der Waals surface area (Å²) < 4.78 is 4.68. The maximum atomic E-state index is 10.9. The molecule has 4 nitrogen and oxygen atoms in total. The lowest BCUT2D eigenvalue weighted by Gasteiger charge is -1.98. The normalized spacial score (nSPS) is 11.5. The van der Waals surface area contributed by atoms with Gasteiger partial charge in [0.15, 0.2) is 0 Å². The second kappa shape index (κ2) is 7.22. The van der Waals surface area contributed by atoms with E-state index in [2.05, 4.69) is 9.89 Å². The Kier molecular flexibility index (Phi) is 5.51. The van der Waals surface area contributed by atoms with Gasteiger partial charge in [-0.3, -0.25) is 0 Å². The Bertz CT molecular complexity index is 410. The van der Waals surface area contributed by atoms with E-state index in [1.165, 1.54) is 12.3 Å². The molecular weight excluding hydrogens is 218 g/mol. The summed E-state index contributed by atoms with van der Waals surface area (Å²) in [7, 11) is 0. The van der Waals surface area contributed by atoms with Crippen molar-refractivity contribution < 1.29 is 14.4 Å². The van der Waals surface area contributed by atoms with Crippen LogP contribution >= 0.6 is 0 Å². The monoisotopic (exact) mass is 233 g/mol. The van der Waals surface area contributed by atoms with Crippen LogP contribution in [0.25, 0.3) is 0 Å². The Morgan fingerprint density at radius 3 is 2.71 bits per heavy atom. The van der Waals surface area contributed by atoms with Gasteiger partial charge in [0.05, 0.1) is 18.4 Å². The number of ether oxygens (including phenoxy) is 1. The number of hydrogen-bond acceptors (Lipinski definition) is 4. The molecule has 0 radical (unpaired) electrons. The summed E-state index contributed by atoms with van der Waals surface area (Å²) in [5, 5.41) is 3.85. The summed E-state index contributed by atoms with van der Waals surface area (Å²) in [4.78, 5) is 15.8. The molecule has 0 bridgehead atoms. The third-order valence-corrected chi connectivity index (χ3v) is 1.93. The summed E-state index contributed by atoms with van der Waals surface area (Å²) in [5.41, 5.74) is 1.70. The second-order valence-corrected chi connectivity index (χ2v) is 3.20. The van der Waals surface area contributed by atoms with E-state index >= 15 is 0 Å². The van der Waals surface area contributed by atoms with Gasteiger partial charge in [0.25, 0.3) is 0 Å². The van der Waals surface area contributed by atoms with Gasteiger partial charge in [-0.15, -0.1) is 0 Å². The predicted octanol–water partition coefficient (Wildman–Crippen LogP) is 2.50. The Morgan fingerprint density at radius 1 is 1.35 bits per heavy atom. The van der Waals surface area contributed by atoms with Crippen LogP contribution in [0, 0.1) is 0 Å². The largest absolute Gasteiger partial charge is 0.463 e. The van der Waals surface area contributed by atoms with E-state index in [-0.39, 0.29) is 0 Å². The first-order valence-electron chi connectivity index (χ1n) is 5.33. The van der Waals surface area contributed by atoms with Crippen molar-refractivity contribution in [3.8, 4) is 0 Å². The number of carbonyl (C=O) groups excluding carboxylic acids is 1. The van der Waals surface area contributed by atoms with Crippen LogP contribution in [-0.4, -0.2) is 18.3 Å². The van der Waals surface area contributed by atoms with E-state index in [4.69, 9.17) is 4.84 Å². The molecule has 1 aromatic rings. The summed E-state index contributed by atoms with van der Waals surface area (Å²) in [6.07, 6.45) is 2.38. The molecule has 0 atom stereocenters. The van der Waals surface area contributed by atoms with Crippen molar-refractivity contribution >= 4 is 11.7 Å². The van der Waals surface area contributed by atoms with E-state index in [0.29, 0.717) is 6.61 Å². The number of carbonyl (C=O) groups is 1. The van der Waals surface area contributed by atoms with Gasteiger partial charge in [0.1, 0.15) is 6.26 Å². The van der Waals surface area contributed by atoms with Crippen molar-refractivity contribution in [2.75, 3.05) is 6.61 Å². The molecule has 0 aromatic heterocycles. The first-order chi connectivity index (χ1) is 8.24. The van der Waals surface area contributed by atoms with Crippen molar-refractivity contribution in [1.82, 2.24) is 0 Å². The van der Waals surface area contributed by atoms with Crippen molar-refractivity contribution in [1.29, 1.82) is 0 Å². The Morgan fingerprint density at radius 2 is 2.06 bits per heavy atom. The number of hydrogen-bond donors (Lipinski definition) is 0. The second-order valence-electron chi connectivity index (χ2n) is 3.20. The van der Waals surface area contributed by atoms with Gasteiger partial charge in [-0.2, -0.15) is 0 Å². The smallest absolute Gasteiger partial charge is 0.333 e. The summed E-state index contributed by atoms with van der Waals surface area (Å²) >= 11 is 0. The lowest BCUT2D eigenvalue weighted by molar-refractivity contribution is -0.137. The molecule has 0 saturated heterocycles. The molecule has 0 aliphatic rings. The molecule has 17 heavy (non-hydrogen) atoms. The summed E-state index contributed by atoms with van der Waals surface area (Å²) in [6, 6.07) is 9.62. The van der Waals surface area contributed by atoms with Crippen molar-refractivity contribution in [3.05, 3.63) is 48.2 Å². The first-order valence-corrected chi connectivity index (χ1v) is 5.33. The van der Waals surface area contributed by atoms with E-state index in [1.54, 1.807) is 6.92 Å². The molecule has 1 rings (SSSR count). The fraction of sp³-hybridized carbons (Fsp3) is 0.231. The average molecular weight is 233 g/mol. The summed E-state index contributed by atoms with van der Waals surface area (Å²) in [5.74, 6) is -0.444. The third-order valence-electron chi connectivity index (χ3n) is 1.93. The average Bonchev–Trinajstić information content (AvgIpc) is 2.36. The molecule has 1 aromatic carbocycles. The van der Waals surface area contributed by atoms with E-state index in [0.717, 1.165) is 11.3 Å². The predicted molar refractivity (Wildman–Crippen MR) is 65.5 cm³/mol. The van der Waals surface area contributed by atoms with Crippen LogP contribution in [0.5, 0.6) is 0 Å². The van der Waals surface area contributed by atoms with Crippen LogP contribution in [0.3, 0.4) is 0 Å². The molecule has 0 unspecified atom stereocenters.